The fourth-order valence-electron chi connectivity index (χ4n) is 1.87. The van der Waals surface area contributed by atoms with Gasteiger partial charge in [-0.05, 0) is 32.7 Å². The van der Waals surface area contributed by atoms with Gasteiger partial charge in [-0.1, -0.05) is 6.92 Å². The van der Waals surface area contributed by atoms with Crippen LogP contribution in [0.4, 0.5) is 0 Å². The van der Waals surface area contributed by atoms with Crippen LogP contribution in [-0.4, -0.2) is 38.3 Å². The van der Waals surface area contributed by atoms with E-state index in [2.05, 4.69) is 17.6 Å². The molecule has 0 radical (unpaired) electrons. The number of methoxy groups -OCH3 is 1. The quantitative estimate of drug-likeness (QED) is 0.747. The van der Waals surface area contributed by atoms with Gasteiger partial charge in [0.2, 0.25) is 5.91 Å². The van der Waals surface area contributed by atoms with Crippen LogP contribution in [0, 0.1) is 11.8 Å². The largest absolute Gasteiger partial charge is 0.377 e. The molecule has 1 amide bonds. The van der Waals surface area contributed by atoms with E-state index in [1.54, 1.807) is 7.11 Å². The van der Waals surface area contributed by atoms with Crippen LogP contribution in [-0.2, 0) is 9.53 Å². The zero-order valence-electron chi connectivity index (χ0n) is 10.8. The molecule has 4 nitrogen and oxygen atoms in total. The minimum absolute atomic E-state index is 0.108. The average Bonchev–Trinajstić information content (AvgIpc) is 2.26. The topological polar surface area (TPSA) is 50.4 Å². The Hall–Kier alpha value is -0.610. The molecule has 0 aromatic heterocycles. The molecule has 16 heavy (non-hydrogen) atoms. The maximum absolute atomic E-state index is 11.9. The summed E-state index contributed by atoms with van der Waals surface area (Å²) in [5.41, 5.74) is -0.288. The normalized spacial score (nSPS) is 26.5. The Morgan fingerprint density at radius 2 is 2.19 bits per heavy atom. The first-order valence-corrected chi connectivity index (χ1v) is 5.98. The van der Waals surface area contributed by atoms with E-state index < -0.39 is 0 Å². The average molecular weight is 228 g/mol. The second-order valence-electron chi connectivity index (χ2n) is 5.38. The summed E-state index contributed by atoms with van der Waals surface area (Å²) in [6.07, 6.45) is 0.978. The van der Waals surface area contributed by atoms with Gasteiger partial charge < -0.3 is 15.4 Å². The third-order valence-electron chi connectivity index (χ3n) is 3.18. The lowest BCUT2D eigenvalue weighted by Crippen LogP contribution is -2.47. The van der Waals surface area contributed by atoms with Gasteiger partial charge in [0.15, 0.2) is 0 Å². The minimum atomic E-state index is -0.288. The number of carbonyl (C=O) groups is 1. The van der Waals surface area contributed by atoms with Gasteiger partial charge in [0, 0.05) is 20.2 Å². The Kier molecular flexibility index (Phi) is 4.74. The third-order valence-corrected chi connectivity index (χ3v) is 3.18. The van der Waals surface area contributed by atoms with Gasteiger partial charge in [0.25, 0.3) is 0 Å². The van der Waals surface area contributed by atoms with Crippen LogP contribution >= 0.6 is 0 Å². The van der Waals surface area contributed by atoms with Crippen molar-refractivity contribution in [3.05, 3.63) is 0 Å². The molecule has 1 heterocycles. The van der Waals surface area contributed by atoms with Crippen LogP contribution in [0.3, 0.4) is 0 Å². The van der Waals surface area contributed by atoms with E-state index in [4.69, 9.17) is 4.74 Å². The van der Waals surface area contributed by atoms with Crippen LogP contribution in [0.15, 0.2) is 0 Å². The van der Waals surface area contributed by atoms with Gasteiger partial charge in [-0.15, -0.1) is 0 Å². The predicted octanol–water partition coefficient (Wildman–Crippen LogP) is 0.773. The summed E-state index contributed by atoms with van der Waals surface area (Å²) in [4.78, 5) is 11.9. The number of amides is 1. The lowest BCUT2D eigenvalue weighted by molar-refractivity contribution is -0.127. The summed E-state index contributed by atoms with van der Waals surface area (Å²) in [6.45, 7) is 8.49. The monoisotopic (exact) mass is 228 g/mol. The first kappa shape index (κ1) is 13.5. The molecule has 2 N–H and O–H groups in total. The molecule has 1 aliphatic rings. The van der Waals surface area contributed by atoms with Crippen LogP contribution in [0.1, 0.15) is 27.2 Å². The fraction of sp³-hybridized carbons (Fsp3) is 0.917. The predicted molar refractivity (Wildman–Crippen MR) is 64.2 cm³/mol. The standard InChI is InChI=1S/C12H24N2O2/c1-9-5-10(7-13-6-9)11(15)14-8-12(2,3)16-4/h9-10,13H,5-8H2,1-4H3,(H,14,15). The molecule has 0 aromatic carbocycles. The summed E-state index contributed by atoms with van der Waals surface area (Å²) < 4.78 is 5.27. The Bertz CT molecular complexity index is 241. The van der Waals surface area contributed by atoms with Crippen LogP contribution < -0.4 is 10.6 Å². The van der Waals surface area contributed by atoms with Crippen molar-refractivity contribution in [3.8, 4) is 0 Å². The first-order valence-electron chi connectivity index (χ1n) is 5.98. The Morgan fingerprint density at radius 3 is 2.75 bits per heavy atom. The zero-order chi connectivity index (χ0) is 12.2. The molecule has 1 aliphatic heterocycles. The lowest BCUT2D eigenvalue weighted by atomic mass is 9.91. The molecule has 0 aliphatic carbocycles. The summed E-state index contributed by atoms with van der Waals surface area (Å²) >= 11 is 0. The fourth-order valence-corrected chi connectivity index (χ4v) is 1.87. The van der Waals surface area contributed by atoms with Gasteiger partial charge in [-0.25, -0.2) is 0 Å². The van der Waals surface area contributed by atoms with Gasteiger partial charge >= 0.3 is 0 Å². The smallest absolute Gasteiger partial charge is 0.224 e. The van der Waals surface area contributed by atoms with Crippen molar-refractivity contribution in [2.75, 3.05) is 26.7 Å². The highest BCUT2D eigenvalue weighted by molar-refractivity contribution is 5.79. The molecular formula is C12H24N2O2. The molecule has 4 heteroatoms. The van der Waals surface area contributed by atoms with E-state index in [1.807, 2.05) is 13.8 Å². The number of hydrogen-bond acceptors (Lipinski definition) is 3. The SMILES string of the molecule is COC(C)(C)CNC(=O)C1CNCC(C)C1. The highest BCUT2D eigenvalue weighted by Crippen LogP contribution is 2.16. The third kappa shape index (κ3) is 4.10. The van der Waals surface area contributed by atoms with E-state index in [1.165, 1.54) is 0 Å². The molecule has 2 unspecified atom stereocenters. The second kappa shape index (κ2) is 5.64. The van der Waals surface area contributed by atoms with Crippen molar-refractivity contribution >= 4 is 5.91 Å². The molecule has 94 valence electrons. The highest BCUT2D eigenvalue weighted by Gasteiger charge is 2.26. The Morgan fingerprint density at radius 1 is 1.50 bits per heavy atom. The second-order valence-corrected chi connectivity index (χ2v) is 5.38. The van der Waals surface area contributed by atoms with E-state index in [-0.39, 0.29) is 17.4 Å². The molecule has 0 saturated carbocycles. The van der Waals surface area contributed by atoms with E-state index in [9.17, 15) is 4.79 Å². The van der Waals surface area contributed by atoms with Crippen molar-refractivity contribution in [1.82, 2.24) is 10.6 Å². The number of carbonyl (C=O) groups excluding carboxylic acids is 1. The van der Waals surface area contributed by atoms with Crippen LogP contribution in [0.5, 0.6) is 0 Å². The molecule has 0 spiro atoms. The molecule has 1 saturated heterocycles. The zero-order valence-corrected chi connectivity index (χ0v) is 10.8. The molecule has 0 bridgehead atoms. The van der Waals surface area contributed by atoms with Crippen molar-refractivity contribution in [3.63, 3.8) is 0 Å². The number of nitrogens with one attached hydrogen (secondary N) is 2. The first-order chi connectivity index (χ1) is 7.44. The maximum atomic E-state index is 11.9. The van der Waals surface area contributed by atoms with E-state index >= 15 is 0 Å². The number of hydrogen-bond donors (Lipinski definition) is 2. The Balaban J connectivity index is 2.34. The number of rotatable bonds is 4. The van der Waals surface area contributed by atoms with Crippen molar-refractivity contribution in [2.24, 2.45) is 11.8 Å². The van der Waals surface area contributed by atoms with Gasteiger partial charge in [-0.2, -0.15) is 0 Å². The summed E-state index contributed by atoms with van der Waals surface area (Å²) in [5, 5.41) is 6.24. The molecule has 1 rings (SSSR count). The van der Waals surface area contributed by atoms with Gasteiger partial charge in [0.1, 0.15) is 0 Å². The van der Waals surface area contributed by atoms with Crippen LogP contribution in [0.25, 0.3) is 0 Å². The number of piperidine rings is 1. The van der Waals surface area contributed by atoms with Crippen LogP contribution in [0.2, 0.25) is 0 Å². The van der Waals surface area contributed by atoms with Crippen molar-refractivity contribution in [2.45, 2.75) is 32.8 Å². The van der Waals surface area contributed by atoms with E-state index in [0.29, 0.717) is 12.5 Å². The molecule has 2 atom stereocenters. The number of ether oxygens (including phenoxy) is 1. The van der Waals surface area contributed by atoms with Gasteiger partial charge in [-0.3, -0.25) is 4.79 Å². The maximum Gasteiger partial charge on any atom is 0.224 e. The molecule has 0 aromatic rings. The van der Waals surface area contributed by atoms with Gasteiger partial charge in [0.05, 0.1) is 11.5 Å². The molecular weight excluding hydrogens is 204 g/mol. The minimum Gasteiger partial charge on any atom is -0.377 e. The van der Waals surface area contributed by atoms with E-state index in [0.717, 1.165) is 19.5 Å². The van der Waals surface area contributed by atoms with Crippen molar-refractivity contribution in [1.29, 1.82) is 0 Å². The highest BCUT2D eigenvalue weighted by atomic mass is 16.5. The lowest BCUT2D eigenvalue weighted by Gasteiger charge is -2.29. The summed E-state index contributed by atoms with van der Waals surface area (Å²) in [6, 6.07) is 0. The molecule has 1 fully saturated rings. The van der Waals surface area contributed by atoms with Crippen molar-refractivity contribution < 1.29 is 9.53 Å². The Labute approximate surface area is 98.1 Å². The summed E-state index contributed by atoms with van der Waals surface area (Å²) in [5.74, 6) is 0.834. The summed E-state index contributed by atoms with van der Waals surface area (Å²) in [7, 11) is 1.66.